The van der Waals surface area contributed by atoms with E-state index in [2.05, 4.69) is 126 Å². The van der Waals surface area contributed by atoms with Crippen LogP contribution in [0.1, 0.15) is 0 Å². The summed E-state index contributed by atoms with van der Waals surface area (Å²) in [5.41, 5.74) is 9.92. The molecule has 0 saturated heterocycles. The molecule has 8 aromatic carbocycles. The molecule has 2 aromatic heterocycles. The summed E-state index contributed by atoms with van der Waals surface area (Å²) in [6.07, 6.45) is 0. The molecule has 0 unspecified atom stereocenters. The molecule has 0 fully saturated rings. The fraction of sp³-hybridized carbons (Fsp3) is 0. The van der Waals surface area contributed by atoms with Gasteiger partial charge >= 0.3 is 0 Å². The van der Waals surface area contributed by atoms with Crippen LogP contribution in [0.5, 0.6) is 0 Å². The van der Waals surface area contributed by atoms with Crippen LogP contribution >= 0.6 is 0 Å². The summed E-state index contributed by atoms with van der Waals surface area (Å²) in [6, 6.07) is 66.8. The summed E-state index contributed by atoms with van der Waals surface area (Å²) < 4.78 is 6.72. The Bertz CT molecular complexity index is 2810. The molecule has 0 aliphatic rings. The summed E-state index contributed by atoms with van der Waals surface area (Å²) >= 11 is 0. The number of furan rings is 1. The maximum absolute atomic E-state index is 6.72. The summed E-state index contributed by atoms with van der Waals surface area (Å²) in [5.74, 6) is 1.86. The van der Waals surface area contributed by atoms with Gasteiger partial charge in [0.05, 0.1) is 0 Å². The predicted molar refractivity (Wildman–Crippen MR) is 221 cm³/mol. The van der Waals surface area contributed by atoms with Crippen molar-refractivity contribution in [2.75, 3.05) is 4.90 Å². The molecule has 0 spiro atoms. The van der Waals surface area contributed by atoms with Gasteiger partial charge in [-0.25, -0.2) is 15.0 Å². The number of hydrogen-bond acceptors (Lipinski definition) is 5. The van der Waals surface area contributed by atoms with Crippen molar-refractivity contribution < 1.29 is 4.42 Å². The minimum atomic E-state index is 0.610. The zero-order valence-electron chi connectivity index (χ0n) is 29.2. The maximum atomic E-state index is 6.72. The third-order valence-corrected chi connectivity index (χ3v) is 9.91. The molecule has 54 heavy (non-hydrogen) atoms. The Morgan fingerprint density at radius 2 is 0.852 bits per heavy atom. The van der Waals surface area contributed by atoms with E-state index in [1.807, 2.05) is 72.8 Å². The zero-order chi connectivity index (χ0) is 35.8. The Kier molecular flexibility index (Phi) is 7.73. The second-order valence-electron chi connectivity index (χ2n) is 13.2. The minimum absolute atomic E-state index is 0.610. The molecule has 0 N–H and O–H groups in total. The van der Waals surface area contributed by atoms with Gasteiger partial charge in [-0.1, -0.05) is 146 Å². The van der Waals surface area contributed by atoms with Crippen LogP contribution in [0.15, 0.2) is 199 Å². The van der Waals surface area contributed by atoms with Crippen molar-refractivity contribution in [1.29, 1.82) is 0 Å². The Morgan fingerprint density at radius 1 is 0.352 bits per heavy atom. The number of fused-ring (bicyclic) bond motifs is 5. The molecule has 10 aromatic rings. The first kappa shape index (κ1) is 31.4. The molecule has 5 heteroatoms. The molecule has 0 radical (unpaired) electrons. The highest BCUT2D eigenvalue weighted by molar-refractivity contribution is 6.22. The predicted octanol–water partition coefficient (Wildman–Crippen LogP) is 13.1. The average Bonchev–Trinajstić information content (AvgIpc) is 3.64. The van der Waals surface area contributed by atoms with Gasteiger partial charge < -0.3 is 9.32 Å². The van der Waals surface area contributed by atoms with Crippen LogP contribution in [0.3, 0.4) is 0 Å². The molecule has 0 aliphatic carbocycles. The number of aromatic nitrogens is 3. The van der Waals surface area contributed by atoms with Crippen LogP contribution in [0, 0.1) is 0 Å². The van der Waals surface area contributed by atoms with E-state index < -0.39 is 0 Å². The van der Waals surface area contributed by atoms with Gasteiger partial charge in [0.25, 0.3) is 0 Å². The monoisotopic (exact) mass is 692 g/mol. The van der Waals surface area contributed by atoms with Crippen LogP contribution < -0.4 is 4.90 Å². The summed E-state index contributed by atoms with van der Waals surface area (Å²) in [4.78, 5) is 17.5. The lowest BCUT2D eigenvalue weighted by Gasteiger charge is -2.25. The fourth-order valence-electron chi connectivity index (χ4n) is 7.39. The normalized spacial score (nSPS) is 11.3. The molecule has 10 rings (SSSR count). The zero-order valence-corrected chi connectivity index (χ0v) is 29.2. The van der Waals surface area contributed by atoms with Gasteiger partial charge in [-0.2, -0.15) is 0 Å². The smallest absolute Gasteiger partial charge is 0.164 e. The Hall–Kier alpha value is -7.37. The third-order valence-electron chi connectivity index (χ3n) is 9.91. The number of rotatable bonds is 7. The highest BCUT2D eigenvalue weighted by atomic mass is 16.3. The van der Waals surface area contributed by atoms with Crippen LogP contribution in [0.4, 0.5) is 17.1 Å². The minimum Gasteiger partial charge on any atom is -0.455 e. The molecule has 0 atom stereocenters. The van der Waals surface area contributed by atoms with Crippen molar-refractivity contribution in [3.8, 4) is 45.3 Å². The third kappa shape index (κ3) is 5.56. The van der Waals surface area contributed by atoms with E-state index in [0.717, 1.165) is 77.6 Å². The lowest BCUT2D eigenvalue weighted by Crippen LogP contribution is -2.09. The number of benzene rings is 8. The largest absolute Gasteiger partial charge is 0.455 e. The average molecular weight is 693 g/mol. The molecule has 0 aliphatic heterocycles. The van der Waals surface area contributed by atoms with Crippen molar-refractivity contribution in [3.05, 3.63) is 194 Å². The van der Waals surface area contributed by atoms with Crippen molar-refractivity contribution in [1.82, 2.24) is 15.0 Å². The van der Waals surface area contributed by atoms with Gasteiger partial charge in [0, 0.05) is 49.9 Å². The Labute approximate surface area is 312 Å². The second-order valence-corrected chi connectivity index (χ2v) is 13.2. The van der Waals surface area contributed by atoms with E-state index in [-0.39, 0.29) is 0 Å². The SMILES string of the molecule is c1ccc(-c2nc(-c3ccccc3)nc(-c3cc4c(oc5cccc(-c6ccc(N(c7ccccc7)c7ccccc7)cc6)c54)c4ccccc34)n2)cc1. The van der Waals surface area contributed by atoms with Crippen molar-refractivity contribution in [2.24, 2.45) is 0 Å². The lowest BCUT2D eigenvalue weighted by atomic mass is 9.95. The van der Waals surface area contributed by atoms with Crippen LogP contribution in [-0.2, 0) is 0 Å². The molecule has 0 bridgehead atoms. The first-order valence-corrected chi connectivity index (χ1v) is 18.0. The molecule has 0 saturated carbocycles. The molecule has 0 amide bonds. The molecular formula is C49H32N4O. The molecule has 2 heterocycles. The van der Waals surface area contributed by atoms with E-state index in [1.54, 1.807) is 0 Å². The van der Waals surface area contributed by atoms with E-state index in [4.69, 9.17) is 19.4 Å². The van der Waals surface area contributed by atoms with Crippen molar-refractivity contribution >= 4 is 49.8 Å². The quantitative estimate of drug-likeness (QED) is 0.166. The van der Waals surface area contributed by atoms with Crippen molar-refractivity contribution in [3.63, 3.8) is 0 Å². The summed E-state index contributed by atoms with van der Waals surface area (Å²) in [5, 5.41) is 4.08. The lowest BCUT2D eigenvalue weighted by molar-refractivity contribution is 0.673. The number of anilines is 3. The second kappa shape index (κ2) is 13.3. The first-order chi connectivity index (χ1) is 26.8. The van der Waals surface area contributed by atoms with E-state index >= 15 is 0 Å². The highest BCUT2D eigenvalue weighted by Gasteiger charge is 2.21. The molecular weight excluding hydrogens is 661 g/mol. The molecule has 5 nitrogen and oxygen atoms in total. The Morgan fingerprint density at radius 3 is 1.44 bits per heavy atom. The van der Waals surface area contributed by atoms with Gasteiger partial charge in [0.2, 0.25) is 0 Å². The first-order valence-electron chi connectivity index (χ1n) is 18.0. The topological polar surface area (TPSA) is 55.1 Å². The highest BCUT2D eigenvalue weighted by Crippen LogP contribution is 2.43. The van der Waals surface area contributed by atoms with E-state index in [9.17, 15) is 0 Å². The van der Waals surface area contributed by atoms with E-state index in [0.29, 0.717) is 17.5 Å². The standard InChI is InChI=1S/C49H32N4O/c1-5-16-34(17-6-1)47-50-48(35-18-7-2-8-19-35)52-49(51-47)42-32-43-45-39(26-15-27-44(45)54-46(43)41-25-14-13-24-40(41)42)33-28-30-38(31-29-33)53(36-20-9-3-10-21-36)37-22-11-4-12-23-37/h1-32H. The summed E-state index contributed by atoms with van der Waals surface area (Å²) in [7, 11) is 0. The van der Waals surface area contributed by atoms with Gasteiger partial charge in [0.15, 0.2) is 17.5 Å². The van der Waals surface area contributed by atoms with Gasteiger partial charge in [0.1, 0.15) is 11.2 Å². The van der Waals surface area contributed by atoms with Crippen LogP contribution in [0.25, 0.3) is 78.0 Å². The maximum Gasteiger partial charge on any atom is 0.164 e. The van der Waals surface area contributed by atoms with Gasteiger partial charge in [-0.15, -0.1) is 0 Å². The summed E-state index contributed by atoms with van der Waals surface area (Å²) in [6.45, 7) is 0. The number of para-hydroxylation sites is 2. The van der Waals surface area contributed by atoms with Crippen molar-refractivity contribution in [2.45, 2.75) is 0 Å². The fourth-order valence-corrected chi connectivity index (χ4v) is 7.39. The molecule has 254 valence electrons. The Balaban J connectivity index is 1.16. The number of nitrogens with zero attached hydrogens (tertiary/aromatic N) is 4. The van der Waals surface area contributed by atoms with Gasteiger partial charge in [-0.05, 0) is 65.0 Å². The number of hydrogen-bond donors (Lipinski definition) is 0. The van der Waals surface area contributed by atoms with Gasteiger partial charge in [-0.3, -0.25) is 0 Å². The van der Waals surface area contributed by atoms with E-state index in [1.165, 1.54) is 0 Å². The van der Waals surface area contributed by atoms with Crippen LogP contribution in [0.2, 0.25) is 0 Å². The van der Waals surface area contributed by atoms with Crippen LogP contribution in [-0.4, -0.2) is 15.0 Å².